The molecule has 0 amide bonds. The fraction of sp³-hybridized carbons (Fsp3) is 0.500. The van der Waals surface area contributed by atoms with Crippen LogP contribution in [0.25, 0.3) is 0 Å². The first-order valence-electron chi connectivity index (χ1n) is 6.12. The molecule has 0 aliphatic rings. The van der Waals surface area contributed by atoms with Crippen LogP contribution in [0.5, 0.6) is 0 Å². The van der Waals surface area contributed by atoms with Crippen molar-refractivity contribution in [2.75, 3.05) is 18.4 Å². The highest BCUT2D eigenvalue weighted by molar-refractivity contribution is 5.65. The number of nitrogens with one attached hydrogen (secondary N) is 2. The number of rotatable bonds is 6. The van der Waals surface area contributed by atoms with E-state index in [1.807, 2.05) is 20.8 Å². The highest BCUT2D eigenvalue weighted by Crippen LogP contribution is 2.28. The maximum atomic E-state index is 10.9. The maximum Gasteiger partial charge on any atom is 0.299 e. The van der Waals surface area contributed by atoms with Crippen molar-refractivity contribution in [3.8, 4) is 0 Å². The van der Waals surface area contributed by atoms with Crippen LogP contribution in [0.15, 0.2) is 18.2 Å². The Bertz CT molecular complexity index is 511. The Kier molecular flexibility index (Phi) is 4.98. The van der Waals surface area contributed by atoms with E-state index in [-0.39, 0.29) is 22.6 Å². The van der Waals surface area contributed by atoms with Gasteiger partial charge in [0.15, 0.2) is 0 Å². The number of anilines is 1. The minimum atomic E-state index is -0.655. The summed E-state index contributed by atoms with van der Waals surface area (Å²) in [6, 6.07) is 3.55. The molecular weight excluding hydrogens is 264 g/mol. The minimum Gasteiger partial charge on any atom is -0.378 e. The first-order valence-corrected chi connectivity index (χ1v) is 6.12. The average molecular weight is 282 g/mol. The fourth-order valence-corrected chi connectivity index (χ4v) is 1.57. The summed E-state index contributed by atoms with van der Waals surface area (Å²) in [6.45, 7) is 7.15. The molecule has 110 valence electrons. The molecule has 0 heterocycles. The van der Waals surface area contributed by atoms with Gasteiger partial charge >= 0.3 is 0 Å². The lowest BCUT2D eigenvalue weighted by atomic mass is 10.1. The van der Waals surface area contributed by atoms with Crippen LogP contribution in [0.2, 0.25) is 0 Å². The van der Waals surface area contributed by atoms with Gasteiger partial charge in [-0.05, 0) is 26.8 Å². The summed E-state index contributed by atoms with van der Waals surface area (Å²) >= 11 is 0. The quantitative estimate of drug-likeness (QED) is 0.470. The minimum absolute atomic E-state index is 0.0386. The van der Waals surface area contributed by atoms with Gasteiger partial charge in [0.1, 0.15) is 5.69 Å². The van der Waals surface area contributed by atoms with Gasteiger partial charge in [0.2, 0.25) is 0 Å². The topological polar surface area (TPSA) is 110 Å². The van der Waals surface area contributed by atoms with Crippen LogP contribution in [0.1, 0.15) is 20.8 Å². The fourth-order valence-electron chi connectivity index (χ4n) is 1.57. The van der Waals surface area contributed by atoms with E-state index in [0.29, 0.717) is 13.1 Å². The molecule has 20 heavy (non-hydrogen) atoms. The van der Waals surface area contributed by atoms with Crippen molar-refractivity contribution in [2.24, 2.45) is 0 Å². The monoisotopic (exact) mass is 282 g/mol. The van der Waals surface area contributed by atoms with Gasteiger partial charge in [0, 0.05) is 24.7 Å². The predicted molar refractivity (Wildman–Crippen MR) is 76.0 cm³/mol. The lowest BCUT2D eigenvalue weighted by molar-refractivity contribution is -0.393. The summed E-state index contributed by atoms with van der Waals surface area (Å²) in [6.07, 6.45) is 0. The zero-order valence-electron chi connectivity index (χ0n) is 11.7. The van der Waals surface area contributed by atoms with E-state index in [2.05, 4.69) is 10.6 Å². The van der Waals surface area contributed by atoms with Crippen LogP contribution in [0.3, 0.4) is 0 Å². The molecule has 0 saturated carbocycles. The smallest absolute Gasteiger partial charge is 0.299 e. The Labute approximate surface area is 116 Å². The van der Waals surface area contributed by atoms with Crippen molar-refractivity contribution < 1.29 is 9.85 Å². The molecule has 0 radical (unpaired) electrons. The summed E-state index contributed by atoms with van der Waals surface area (Å²) in [5, 5.41) is 27.7. The molecule has 0 bridgehead atoms. The highest BCUT2D eigenvalue weighted by Gasteiger charge is 2.19. The van der Waals surface area contributed by atoms with Crippen molar-refractivity contribution in [3.05, 3.63) is 38.4 Å². The second-order valence-corrected chi connectivity index (χ2v) is 5.32. The SMILES string of the molecule is CC(C)(C)NCCNc1ccc([N+](=O)[O-])cc1[N+](=O)[O-]. The molecule has 0 spiro atoms. The standard InChI is InChI=1S/C12H18N4O4/c1-12(2,3)14-7-6-13-10-5-4-9(15(17)18)8-11(10)16(19)20/h4-5,8,13-14H,6-7H2,1-3H3. The number of nitro benzene ring substituents is 2. The van der Waals surface area contributed by atoms with Crippen LogP contribution < -0.4 is 10.6 Å². The Morgan fingerprint density at radius 3 is 2.25 bits per heavy atom. The summed E-state index contributed by atoms with van der Waals surface area (Å²) in [7, 11) is 0. The molecule has 0 unspecified atom stereocenters. The Morgan fingerprint density at radius 2 is 1.75 bits per heavy atom. The van der Waals surface area contributed by atoms with Crippen LogP contribution in [-0.4, -0.2) is 28.5 Å². The van der Waals surface area contributed by atoms with Gasteiger partial charge in [-0.1, -0.05) is 0 Å². The second-order valence-electron chi connectivity index (χ2n) is 5.32. The predicted octanol–water partition coefficient (Wildman–Crippen LogP) is 2.30. The van der Waals surface area contributed by atoms with E-state index in [0.717, 1.165) is 6.07 Å². The highest BCUT2D eigenvalue weighted by atomic mass is 16.6. The van der Waals surface area contributed by atoms with Crippen molar-refractivity contribution in [1.82, 2.24) is 5.32 Å². The normalized spacial score (nSPS) is 11.2. The van der Waals surface area contributed by atoms with Crippen LogP contribution in [0.4, 0.5) is 17.1 Å². The molecule has 0 aromatic heterocycles. The van der Waals surface area contributed by atoms with Gasteiger partial charge in [0.25, 0.3) is 11.4 Å². The zero-order chi connectivity index (χ0) is 15.3. The second kappa shape index (κ2) is 6.29. The van der Waals surface area contributed by atoms with E-state index in [4.69, 9.17) is 0 Å². The molecule has 0 fully saturated rings. The summed E-state index contributed by atoms with van der Waals surface area (Å²) in [4.78, 5) is 20.2. The first kappa shape index (κ1) is 15.8. The molecule has 1 aromatic rings. The van der Waals surface area contributed by atoms with E-state index in [1.54, 1.807) is 0 Å². The maximum absolute atomic E-state index is 10.9. The van der Waals surface area contributed by atoms with Gasteiger partial charge < -0.3 is 10.6 Å². The van der Waals surface area contributed by atoms with E-state index in [1.165, 1.54) is 12.1 Å². The summed E-state index contributed by atoms with van der Waals surface area (Å²) in [5.74, 6) is 0. The van der Waals surface area contributed by atoms with Gasteiger partial charge in [-0.15, -0.1) is 0 Å². The number of nitrogens with zero attached hydrogens (tertiary/aromatic N) is 2. The molecular formula is C12H18N4O4. The Hall–Kier alpha value is -2.22. The lowest BCUT2D eigenvalue weighted by Crippen LogP contribution is -2.38. The third-order valence-corrected chi connectivity index (χ3v) is 2.48. The molecule has 8 nitrogen and oxygen atoms in total. The Balaban J connectivity index is 2.75. The van der Waals surface area contributed by atoms with Crippen molar-refractivity contribution in [2.45, 2.75) is 26.3 Å². The number of non-ortho nitro benzene ring substituents is 1. The van der Waals surface area contributed by atoms with Gasteiger partial charge in [0.05, 0.1) is 15.9 Å². The van der Waals surface area contributed by atoms with Crippen LogP contribution in [-0.2, 0) is 0 Å². The van der Waals surface area contributed by atoms with Gasteiger partial charge in [-0.3, -0.25) is 20.2 Å². The lowest BCUT2D eigenvalue weighted by Gasteiger charge is -2.20. The molecule has 1 aromatic carbocycles. The third kappa shape index (κ3) is 4.81. The molecule has 1 rings (SSSR count). The van der Waals surface area contributed by atoms with Crippen LogP contribution >= 0.6 is 0 Å². The van der Waals surface area contributed by atoms with E-state index >= 15 is 0 Å². The first-order chi connectivity index (χ1) is 9.20. The average Bonchev–Trinajstić information content (AvgIpc) is 2.33. The van der Waals surface area contributed by atoms with E-state index < -0.39 is 9.85 Å². The number of hydrogen-bond donors (Lipinski definition) is 2. The molecule has 2 N–H and O–H groups in total. The number of benzene rings is 1. The van der Waals surface area contributed by atoms with E-state index in [9.17, 15) is 20.2 Å². The molecule has 0 aliphatic heterocycles. The van der Waals surface area contributed by atoms with Crippen molar-refractivity contribution in [3.63, 3.8) is 0 Å². The van der Waals surface area contributed by atoms with Crippen molar-refractivity contribution in [1.29, 1.82) is 0 Å². The zero-order valence-corrected chi connectivity index (χ0v) is 11.7. The van der Waals surface area contributed by atoms with Gasteiger partial charge in [-0.2, -0.15) is 0 Å². The van der Waals surface area contributed by atoms with Gasteiger partial charge in [-0.25, -0.2) is 0 Å². The number of hydrogen-bond acceptors (Lipinski definition) is 6. The van der Waals surface area contributed by atoms with Crippen LogP contribution in [0, 0.1) is 20.2 Å². The van der Waals surface area contributed by atoms with Crippen molar-refractivity contribution >= 4 is 17.1 Å². The largest absolute Gasteiger partial charge is 0.378 e. The summed E-state index contributed by atoms with van der Waals surface area (Å²) in [5.41, 5.74) is -0.357. The third-order valence-electron chi connectivity index (χ3n) is 2.48. The molecule has 0 atom stereocenters. The number of nitro groups is 2. The molecule has 0 saturated heterocycles. The molecule has 8 heteroatoms. The summed E-state index contributed by atoms with van der Waals surface area (Å²) < 4.78 is 0. The molecule has 0 aliphatic carbocycles. The Morgan fingerprint density at radius 1 is 1.10 bits per heavy atom.